The van der Waals surface area contributed by atoms with Crippen LogP contribution in [0.25, 0.3) is 0 Å². The Bertz CT molecular complexity index is 633. The average molecular weight is 420 g/mol. The summed E-state index contributed by atoms with van der Waals surface area (Å²) in [5.41, 5.74) is 1.32. The van der Waals surface area contributed by atoms with Crippen molar-refractivity contribution in [3.8, 4) is 0 Å². The molecule has 0 heterocycles. The molecule has 8 atom stereocenters. The highest BCUT2D eigenvalue weighted by Gasteiger charge is 2.50. The second kappa shape index (κ2) is 9.68. The van der Waals surface area contributed by atoms with Crippen molar-refractivity contribution in [1.82, 2.24) is 0 Å². The number of nitro groups is 1. The third-order valence-electron chi connectivity index (χ3n) is 6.77. The van der Waals surface area contributed by atoms with Gasteiger partial charge in [0, 0.05) is 28.4 Å². The maximum Gasteiger partial charge on any atom is 0.217 e. The Morgan fingerprint density at radius 3 is 2.43 bits per heavy atom. The predicted molar refractivity (Wildman–Crippen MR) is 109 cm³/mol. The highest BCUT2D eigenvalue weighted by molar-refractivity contribution is 7.80. The third kappa shape index (κ3) is 5.14. The fourth-order valence-electron chi connectivity index (χ4n) is 5.05. The summed E-state index contributed by atoms with van der Waals surface area (Å²) < 4.78 is 42.6. The standard InChI is InChI=1S/C21H32F3NO2S/c1-11-9-18(20(12(2)13(3)22)21(24)14(4)23)19(25(26)27)10-17(11)15-5-7-16(28)8-6-15/h5,11,14,16-21,28H,6-10H2,1-4H3/b13-12+. The molecule has 0 amide bonds. The number of thiol groups is 1. The van der Waals surface area contributed by atoms with Crippen LogP contribution in [-0.4, -0.2) is 28.6 Å². The number of nitrogens with zero attached hydrogens (tertiary/aromatic N) is 1. The van der Waals surface area contributed by atoms with Crippen molar-refractivity contribution in [2.45, 2.75) is 83.4 Å². The summed E-state index contributed by atoms with van der Waals surface area (Å²) in [5, 5.41) is 12.2. The van der Waals surface area contributed by atoms with Crippen molar-refractivity contribution in [2.24, 2.45) is 23.7 Å². The Hall–Kier alpha value is -0.980. The van der Waals surface area contributed by atoms with Gasteiger partial charge in [-0.25, -0.2) is 13.2 Å². The van der Waals surface area contributed by atoms with E-state index in [-0.39, 0.29) is 22.3 Å². The Kier molecular flexibility index (Phi) is 8.06. The first kappa shape index (κ1) is 23.3. The van der Waals surface area contributed by atoms with Gasteiger partial charge in [0.15, 0.2) is 0 Å². The fraction of sp³-hybridized carbons (Fsp3) is 0.810. The monoisotopic (exact) mass is 419 g/mol. The molecule has 0 N–H and O–H groups in total. The van der Waals surface area contributed by atoms with Gasteiger partial charge in [0.25, 0.3) is 0 Å². The lowest BCUT2D eigenvalue weighted by molar-refractivity contribution is -0.540. The maximum absolute atomic E-state index is 14.8. The molecule has 1 saturated carbocycles. The minimum Gasteiger partial charge on any atom is -0.264 e. The van der Waals surface area contributed by atoms with Crippen molar-refractivity contribution in [1.29, 1.82) is 0 Å². The van der Waals surface area contributed by atoms with E-state index in [1.54, 1.807) is 0 Å². The SMILES string of the molecule is C/C(F)=C(/C)C(C(F)C(C)F)C1CC(C)C(C2=CCC(S)CC2)CC1[N+](=O)[O-]. The van der Waals surface area contributed by atoms with Crippen LogP contribution >= 0.6 is 12.6 Å². The molecule has 0 spiro atoms. The van der Waals surface area contributed by atoms with Crippen LogP contribution in [0.2, 0.25) is 0 Å². The van der Waals surface area contributed by atoms with Crippen molar-refractivity contribution in [3.63, 3.8) is 0 Å². The molecule has 0 saturated heterocycles. The van der Waals surface area contributed by atoms with E-state index < -0.39 is 36.0 Å². The minimum atomic E-state index is -1.96. The predicted octanol–water partition coefficient (Wildman–Crippen LogP) is 6.28. The number of alkyl halides is 2. The van der Waals surface area contributed by atoms with Gasteiger partial charge < -0.3 is 0 Å². The number of allylic oxidation sites excluding steroid dienone is 4. The first-order chi connectivity index (χ1) is 13.0. The first-order valence-electron chi connectivity index (χ1n) is 10.2. The molecule has 0 aromatic rings. The van der Waals surface area contributed by atoms with Gasteiger partial charge in [-0.2, -0.15) is 12.6 Å². The van der Waals surface area contributed by atoms with Gasteiger partial charge in [0.1, 0.15) is 12.3 Å². The van der Waals surface area contributed by atoms with Gasteiger partial charge in [-0.15, -0.1) is 0 Å². The van der Waals surface area contributed by atoms with E-state index in [2.05, 4.69) is 18.7 Å². The number of hydrogen-bond acceptors (Lipinski definition) is 3. The summed E-state index contributed by atoms with van der Waals surface area (Å²) in [6.07, 6.45) is 1.74. The van der Waals surface area contributed by atoms with E-state index in [4.69, 9.17) is 0 Å². The number of halogens is 3. The van der Waals surface area contributed by atoms with E-state index >= 15 is 0 Å². The van der Waals surface area contributed by atoms with Crippen LogP contribution < -0.4 is 0 Å². The summed E-state index contributed by atoms with van der Waals surface area (Å²) in [6.45, 7) is 5.75. The van der Waals surface area contributed by atoms with Gasteiger partial charge in [-0.1, -0.05) is 18.6 Å². The lowest BCUT2D eigenvalue weighted by Gasteiger charge is -2.42. The Balaban J connectivity index is 2.36. The van der Waals surface area contributed by atoms with Crippen molar-refractivity contribution in [3.05, 3.63) is 33.2 Å². The lowest BCUT2D eigenvalue weighted by atomic mass is 9.62. The summed E-state index contributed by atoms with van der Waals surface area (Å²) in [4.78, 5) is 11.5. The molecular formula is C21H32F3NO2S. The quantitative estimate of drug-likeness (QED) is 0.238. The van der Waals surface area contributed by atoms with Crippen LogP contribution in [0, 0.1) is 33.8 Å². The molecule has 1 fully saturated rings. The molecule has 7 heteroatoms. The minimum absolute atomic E-state index is 0.0600. The second-order valence-electron chi connectivity index (χ2n) is 8.64. The van der Waals surface area contributed by atoms with Gasteiger partial charge in [0.05, 0.1) is 5.83 Å². The largest absolute Gasteiger partial charge is 0.264 e. The van der Waals surface area contributed by atoms with E-state index in [9.17, 15) is 23.3 Å². The van der Waals surface area contributed by atoms with Crippen molar-refractivity contribution < 1.29 is 18.1 Å². The molecule has 0 aromatic heterocycles. The maximum atomic E-state index is 14.8. The molecule has 160 valence electrons. The fourth-order valence-corrected chi connectivity index (χ4v) is 5.29. The van der Waals surface area contributed by atoms with E-state index in [0.717, 1.165) is 26.2 Å². The van der Waals surface area contributed by atoms with Crippen LogP contribution in [0.3, 0.4) is 0 Å². The van der Waals surface area contributed by atoms with E-state index in [1.807, 2.05) is 6.92 Å². The van der Waals surface area contributed by atoms with Gasteiger partial charge in [0.2, 0.25) is 6.04 Å². The van der Waals surface area contributed by atoms with Gasteiger partial charge in [-0.3, -0.25) is 10.1 Å². The van der Waals surface area contributed by atoms with Crippen LogP contribution in [0.1, 0.15) is 59.8 Å². The summed E-state index contributed by atoms with van der Waals surface area (Å²) in [6, 6.07) is -1.01. The molecule has 0 radical (unpaired) electrons. The number of rotatable bonds is 6. The Labute approximate surface area is 171 Å². The van der Waals surface area contributed by atoms with E-state index in [0.29, 0.717) is 18.1 Å². The molecule has 0 aromatic carbocycles. The Morgan fingerprint density at radius 1 is 1.32 bits per heavy atom. The molecule has 2 rings (SSSR count). The zero-order chi connectivity index (χ0) is 21.2. The molecule has 2 aliphatic rings. The van der Waals surface area contributed by atoms with Gasteiger partial charge in [-0.05, 0) is 63.9 Å². The van der Waals surface area contributed by atoms with Gasteiger partial charge >= 0.3 is 0 Å². The zero-order valence-electron chi connectivity index (χ0n) is 17.1. The highest BCUT2D eigenvalue weighted by Crippen LogP contribution is 2.47. The zero-order valence-corrected chi connectivity index (χ0v) is 18.0. The smallest absolute Gasteiger partial charge is 0.217 e. The van der Waals surface area contributed by atoms with E-state index in [1.165, 1.54) is 19.4 Å². The normalized spacial score (nSPS) is 35.4. The summed E-state index contributed by atoms with van der Waals surface area (Å²) >= 11 is 4.49. The molecule has 8 unspecified atom stereocenters. The summed E-state index contributed by atoms with van der Waals surface area (Å²) in [5.74, 6) is -2.26. The molecule has 3 nitrogen and oxygen atoms in total. The second-order valence-corrected chi connectivity index (χ2v) is 9.37. The molecule has 0 aliphatic heterocycles. The molecule has 28 heavy (non-hydrogen) atoms. The topological polar surface area (TPSA) is 43.1 Å². The average Bonchev–Trinajstić information content (AvgIpc) is 2.62. The Morgan fingerprint density at radius 2 is 1.96 bits per heavy atom. The van der Waals surface area contributed by atoms with Crippen LogP contribution in [0.5, 0.6) is 0 Å². The summed E-state index contributed by atoms with van der Waals surface area (Å²) in [7, 11) is 0. The van der Waals surface area contributed by atoms with Crippen LogP contribution in [0.15, 0.2) is 23.0 Å². The molecule has 2 aliphatic carbocycles. The third-order valence-corrected chi connectivity index (χ3v) is 7.24. The van der Waals surface area contributed by atoms with Crippen molar-refractivity contribution >= 4 is 12.6 Å². The lowest BCUT2D eigenvalue weighted by Crippen LogP contribution is -2.47. The molecular weight excluding hydrogens is 387 g/mol. The highest BCUT2D eigenvalue weighted by atomic mass is 32.1. The van der Waals surface area contributed by atoms with Crippen LogP contribution in [0.4, 0.5) is 13.2 Å². The molecule has 0 bridgehead atoms. The first-order valence-corrected chi connectivity index (χ1v) is 10.7. The van der Waals surface area contributed by atoms with Crippen molar-refractivity contribution in [2.75, 3.05) is 0 Å². The van der Waals surface area contributed by atoms with Crippen LogP contribution in [-0.2, 0) is 0 Å². The number of hydrogen-bond donors (Lipinski definition) is 1.